The van der Waals surface area contributed by atoms with Gasteiger partial charge in [-0.25, -0.2) is 0 Å². The number of piperidine rings is 1. The zero-order chi connectivity index (χ0) is 22.9. The number of ether oxygens (including phenoxy) is 1. The van der Waals surface area contributed by atoms with Crippen molar-refractivity contribution in [3.63, 3.8) is 0 Å². The number of likely N-dealkylation sites (tertiary alicyclic amines) is 1. The Kier molecular flexibility index (Phi) is 8.74. The van der Waals surface area contributed by atoms with E-state index in [9.17, 15) is 9.59 Å². The summed E-state index contributed by atoms with van der Waals surface area (Å²) < 4.78 is 5.40. The molecule has 1 aromatic heterocycles. The molecule has 2 N–H and O–H groups in total. The van der Waals surface area contributed by atoms with Crippen molar-refractivity contribution in [2.45, 2.75) is 25.7 Å². The molecule has 0 saturated carbocycles. The maximum absolute atomic E-state index is 12.4. The molecule has 2 fully saturated rings. The van der Waals surface area contributed by atoms with Gasteiger partial charge in [-0.3, -0.25) is 9.59 Å². The number of rotatable bonds is 9. The first-order valence-corrected chi connectivity index (χ1v) is 12.8. The van der Waals surface area contributed by atoms with Gasteiger partial charge in [0.1, 0.15) is 0 Å². The Hall–Kier alpha value is -2.42. The Labute approximate surface area is 200 Å². The molecule has 0 atom stereocenters. The molecule has 2 amide bonds. The van der Waals surface area contributed by atoms with E-state index in [4.69, 9.17) is 4.74 Å². The zero-order valence-corrected chi connectivity index (χ0v) is 19.9. The van der Waals surface area contributed by atoms with Crippen LogP contribution in [0.1, 0.15) is 24.1 Å². The number of hydrogen-bond donors (Lipinski definition) is 2. The highest BCUT2D eigenvalue weighted by molar-refractivity contribution is 7.09. The number of nitrogens with zero attached hydrogens (tertiary/aromatic N) is 2. The molecular weight excluding hydrogens is 436 g/mol. The number of carbonyl (C=O) groups is 2. The highest BCUT2D eigenvalue weighted by atomic mass is 32.1. The van der Waals surface area contributed by atoms with E-state index >= 15 is 0 Å². The topological polar surface area (TPSA) is 73.9 Å². The summed E-state index contributed by atoms with van der Waals surface area (Å²) in [5, 5.41) is 8.15. The molecule has 1 aromatic carbocycles. The van der Waals surface area contributed by atoms with E-state index in [-0.39, 0.29) is 17.7 Å². The van der Waals surface area contributed by atoms with Crippen LogP contribution < -0.4 is 15.5 Å². The van der Waals surface area contributed by atoms with Crippen molar-refractivity contribution < 1.29 is 14.3 Å². The second-order valence-corrected chi connectivity index (χ2v) is 9.71. The minimum atomic E-state index is 0.0302. The maximum Gasteiger partial charge on any atom is 0.225 e. The fourth-order valence-electron chi connectivity index (χ4n) is 4.39. The Bertz CT molecular complexity index is 874. The van der Waals surface area contributed by atoms with Crippen molar-refractivity contribution in [3.05, 3.63) is 46.7 Å². The smallest absolute Gasteiger partial charge is 0.225 e. The number of carbonyl (C=O) groups excluding carboxylic acids is 2. The number of amides is 2. The number of thiophene rings is 1. The molecule has 7 nitrogen and oxygen atoms in total. The number of hydrogen-bond acceptors (Lipinski definition) is 6. The third-order valence-electron chi connectivity index (χ3n) is 6.39. The molecule has 0 radical (unpaired) electrons. The monoisotopic (exact) mass is 470 g/mol. The summed E-state index contributed by atoms with van der Waals surface area (Å²) in [7, 11) is 0. The van der Waals surface area contributed by atoms with Gasteiger partial charge < -0.3 is 25.2 Å². The minimum Gasteiger partial charge on any atom is -0.378 e. The van der Waals surface area contributed by atoms with Gasteiger partial charge in [0.2, 0.25) is 11.8 Å². The van der Waals surface area contributed by atoms with Gasteiger partial charge >= 0.3 is 0 Å². The van der Waals surface area contributed by atoms with Crippen LogP contribution in [-0.2, 0) is 20.7 Å². The summed E-state index contributed by atoms with van der Waals surface area (Å²) in [5.74, 6) is 0.287. The molecule has 0 spiro atoms. The van der Waals surface area contributed by atoms with Crippen molar-refractivity contribution in [2.75, 3.05) is 62.7 Å². The first kappa shape index (κ1) is 23.7. The van der Waals surface area contributed by atoms with Crippen LogP contribution in [0, 0.1) is 5.92 Å². The second-order valence-electron chi connectivity index (χ2n) is 8.68. The maximum atomic E-state index is 12.4. The molecule has 2 saturated heterocycles. The standard InChI is InChI=1S/C25H34N4O3S/c30-24(27-21-3-5-22(6-4-21)29-15-17-32-18-16-29)10-14-28-12-8-20(9-13-28)25(31)26-11-7-23-2-1-19-33-23/h1-6,19-20H,7-18H2,(H,26,31)(H,27,30). The van der Waals surface area contributed by atoms with Gasteiger partial charge in [-0.05, 0) is 68.1 Å². The van der Waals surface area contributed by atoms with Crippen molar-refractivity contribution in [1.29, 1.82) is 0 Å². The van der Waals surface area contributed by atoms with Gasteiger partial charge in [0.15, 0.2) is 0 Å². The Balaban J connectivity index is 1.11. The van der Waals surface area contributed by atoms with Crippen molar-refractivity contribution in [2.24, 2.45) is 5.92 Å². The predicted molar refractivity (Wildman–Crippen MR) is 133 cm³/mol. The average Bonchev–Trinajstić information content (AvgIpc) is 3.38. The molecule has 2 aliphatic rings. The molecule has 2 aliphatic heterocycles. The molecule has 0 unspecified atom stereocenters. The Morgan fingerprint density at radius 3 is 2.48 bits per heavy atom. The lowest BCUT2D eigenvalue weighted by Gasteiger charge is -2.31. The second kappa shape index (κ2) is 12.2. The number of morpholine rings is 1. The number of benzene rings is 1. The molecule has 0 aliphatic carbocycles. The first-order chi connectivity index (χ1) is 16.2. The summed E-state index contributed by atoms with van der Waals surface area (Å²) in [5.41, 5.74) is 1.99. The van der Waals surface area contributed by atoms with Gasteiger partial charge in [0.25, 0.3) is 0 Å². The van der Waals surface area contributed by atoms with Crippen LogP contribution in [0.15, 0.2) is 41.8 Å². The lowest BCUT2D eigenvalue weighted by Crippen LogP contribution is -2.41. The van der Waals surface area contributed by atoms with Crippen molar-refractivity contribution >= 4 is 34.5 Å². The van der Waals surface area contributed by atoms with Crippen molar-refractivity contribution in [1.82, 2.24) is 10.2 Å². The van der Waals surface area contributed by atoms with Gasteiger partial charge in [-0.2, -0.15) is 0 Å². The summed E-state index contributed by atoms with van der Waals surface area (Å²) >= 11 is 1.73. The van der Waals surface area contributed by atoms with Crippen LogP contribution in [0.5, 0.6) is 0 Å². The molecule has 2 aromatic rings. The van der Waals surface area contributed by atoms with E-state index in [0.29, 0.717) is 13.0 Å². The Morgan fingerprint density at radius 1 is 1.03 bits per heavy atom. The van der Waals surface area contributed by atoms with Crippen LogP contribution in [0.3, 0.4) is 0 Å². The lowest BCUT2D eigenvalue weighted by atomic mass is 9.95. The first-order valence-electron chi connectivity index (χ1n) is 11.9. The van der Waals surface area contributed by atoms with E-state index in [0.717, 1.165) is 76.6 Å². The van der Waals surface area contributed by atoms with Crippen molar-refractivity contribution in [3.8, 4) is 0 Å². The van der Waals surface area contributed by atoms with Gasteiger partial charge in [0, 0.05) is 54.8 Å². The molecule has 33 heavy (non-hydrogen) atoms. The summed E-state index contributed by atoms with van der Waals surface area (Å²) in [6, 6.07) is 12.2. The van der Waals surface area contributed by atoms with Gasteiger partial charge in [-0.1, -0.05) is 6.07 Å². The molecule has 8 heteroatoms. The fraction of sp³-hybridized carbons (Fsp3) is 0.520. The van der Waals surface area contributed by atoms with E-state index < -0.39 is 0 Å². The molecule has 3 heterocycles. The van der Waals surface area contributed by atoms with Crippen LogP contribution in [0.2, 0.25) is 0 Å². The molecule has 0 bridgehead atoms. The highest BCUT2D eigenvalue weighted by Crippen LogP contribution is 2.20. The summed E-state index contributed by atoms with van der Waals surface area (Å²) in [4.78, 5) is 30.7. The largest absolute Gasteiger partial charge is 0.378 e. The van der Waals surface area contributed by atoms with E-state index in [1.807, 2.05) is 18.2 Å². The predicted octanol–water partition coefficient (Wildman–Crippen LogP) is 2.98. The van der Waals surface area contributed by atoms with E-state index in [2.05, 4.69) is 44.0 Å². The fourth-order valence-corrected chi connectivity index (χ4v) is 5.10. The van der Waals surface area contributed by atoms with E-state index in [1.54, 1.807) is 11.3 Å². The van der Waals surface area contributed by atoms with Crippen LogP contribution in [-0.4, -0.2) is 69.2 Å². The summed E-state index contributed by atoms with van der Waals surface area (Å²) in [6.07, 6.45) is 3.07. The number of anilines is 2. The Morgan fingerprint density at radius 2 is 1.79 bits per heavy atom. The number of nitrogens with one attached hydrogen (secondary N) is 2. The van der Waals surface area contributed by atoms with Gasteiger partial charge in [-0.15, -0.1) is 11.3 Å². The molecule has 4 rings (SSSR count). The van der Waals surface area contributed by atoms with Gasteiger partial charge in [0.05, 0.1) is 13.2 Å². The average molecular weight is 471 g/mol. The lowest BCUT2D eigenvalue weighted by molar-refractivity contribution is -0.126. The van der Waals surface area contributed by atoms with Crippen LogP contribution in [0.25, 0.3) is 0 Å². The van der Waals surface area contributed by atoms with Crippen LogP contribution in [0.4, 0.5) is 11.4 Å². The summed E-state index contributed by atoms with van der Waals surface area (Å²) in [6.45, 7) is 6.48. The normalized spacial score (nSPS) is 17.6. The quantitative estimate of drug-likeness (QED) is 0.590. The molecular formula is C25H34N4O3S. The molecule has 178 valence electrons. The highest BCUT2D eigenvalue weighted by Gasteiger charge is 2.24. The third kappa shape index (κ3) is 7.28. The zero-order valence-electron chi connectivity index (χ0n) is 19.1. The SMILES string of the molecule is O=C(CCN1CCC(C(=O)NCCc2cccs2)CC1)Nc1ccc(N2CCOCC2)cc1. The minimum absolute atomic E-state index is 0.0302. The van der Waals surface area contributed by atoms with E-state index in [1.165, 1.54) is 4.88 Å². The third-order valence-corrected chi connectivity index (χ3v) is 7.33. The van der Waals surface area contributed by atoms with Crippen LogP contribution >= 0.6 is 11.3 Å².